The van der Waals surface area contributed by atoms with E-state index in [2.05, 4.69) is 40.1 Å². The standard InChI is InChI=1S/C13H20BrN3/c1-3-9-4-5-12(8(9)2)17-13-10(14)6-16-7-11(13)15/h6-9,12H,3-5,15H2,1-2H3,(H,16,17). The summed E-state index contributed by atoms with van der Waals surface area (Å²) in [5.41, 5.74) is 7.67. The second kappa shape index (κ2) is 5.25. The van der Waals surface area contributed by atoms with Crippen LogP contribution in [0.2, 0.25) is 0 Å². The average molecular weight is 298 g/mol. The third-order valence-electron chi connectivity index (χ3n) is 4.01. The lowest BCUT2D eigenvalue weighted by Gasteiger charge is -2.23. The zero-order valence-electron chi connectivity index (χ0n) is 10.4. The number of aromatic nitrogens is 1. The van der Waals surface area contributed by atoms with E-state index < -0.39 is 0 Å². The summed E-state index contributed by atoms with van der Waals surface area (Å²) in [5.74, 6) is 1.55. The van der Waals surface area contributed by atoms with Gasteiger partial charge in [-0.2, -0.15) is 0 Å². The lowest BCUT2D eigenvalue weighted by molar-refractivity contribution is 0.392. The van der Waals surface area contributed by atoms with Gasteiger partial charge in [-0.05, 0) is 40.6 Å². The molecule has 3 atom stereocenters. The minimum absolute atomic E-state index is 0.529. The van der Waals surface area contributed by atoms with Crippen molar-refractivity contribution in [1.29, 1.82) is 0 Å². The van der Waals surface area contributed by atoms with Crippen LogP contribution in [0.25, 0.3) is 0 Å². The molecule has 2 rings (SSSR count). The van der Waals surface area contributed by atoms with Crippen molar-refractivity contribution in [3.63, 3.8) is 0 Å². The van der Waals surface area contributed by atoms with Crippen molar-refractivity contribution in [2.24, 2.45) is 11.8 Å². The number of hydrogen-bond acceptors (Lipinski definition) is 3. The fourth-order valence-corrected chi connectivity index (χ4v) is 3.28. The Morgan fingerprint density at radius 3 is 2.82 bits per heavy atom. The second-order valence-corrected chi connectivity index (χ2v) is 5.80. The van der Waals surface area contributed by atoms with Crippen molar-refractivity contribution in [2.45, 2.75) is 39.2 Å². The number of anilines is 2. The fourth-order valence-electron chi connectivity index (χ4n) is 2.82. The van der Waals surface area contributed by atoms with Crippen LogP contribution < -0.4 is 11.1 Å². The van der Waals surface area contributed by atoms with E-state index in [1.165, 1.54) is 19.3 Å². The third-order valence-corrected chi connectivity index (χ3v) is 4.61. The van der Waals surface area contributed by atoms with E-state index in [1.807, 2.05) is 0 Å². The summed E-state index contributed by atoms with van der Waals surface area (Å²) in [4.78, 5) is 4.06. The molecule has 1 fully saturated rings. The van der Waals surface area contributed by atoms with E-state index in [4.69, 9.17) is 5.73 Å². The van der Waals surface area contributed by atoms with Gasteiger partial charge in [-0.3, -0.25) is 4.98 Å². The summed E-state index contributed by atoms with van der Waals surface area (Å²) in [5, 5.41) is 3.58. The number of hydrogen-bond donors (Lipinski definition) is 2. The van der Waals surface area contributed by atoms with Crippen molar-refractivity contribution >= 4 is 27.3 Å². The summed E-state index contributed by atoms with van der Waals surface area (Å²) in [7, 11) is 0. The van der Waals surface area contributed by atoms with Gasteiger partial charge in [-0.15, -0.1) is 0 Å². The average Bonchev–Trinajstić information content (AvgIpc) is 2.65. The molecule has 1 aromatic heterocycles. The molecule has 3 N–H and O–H groups in total. The molecule has 3 nitrogen and oxygen atoms in total. The van der Waals surface area contributed by atoms with Gasteiger partial charge in [-0.25, -0.2) is 0 Å². The Labute approximate surface area is 111 Å². The first kappa shape index (κ1) is 12.7. The maximum atomic E-state index is 5.96. The maximum Gasteiger partial charge on any atom is 0.0752 e. The molecule has 0 bridgehead atoms. The first-order valence-electron chi connectivity index (χ1n) is 6.29. The van der Waals surface area contributed by atoms with E-state index >= 15 is 0 Å². The molecular formula is C13H20BrN3. The second-order valence-electron chi connectivity index (χ2n) is 4.94. The summed E-state index contributed by atoms with van der Waals surface area (Å²) in [6.07, 6.45) is 7.30. The van der Waals surface area contributed by atoms with Crippen LogP contribution in [0.15, 0.2) is 16.9 Å². The quantitative estimate of drug-likeness (QED) is 0.895. The summed E-state index contributed by atoms with van der Waals surface area (Å²) in [6.45, 7) is 4.62. The highest BCUT2D eigenvalue weighted by atomic mass is 79.9. The molecule has 1 saturated carbocycles. The monoisotopic (exact) mass is 297 g/mol. The maximum absolute atomic E-state index is 5.96. The smallest absolute Gasteiger partial charge is 0.0752 e. The molecule has 0 aliphatic heterocycles. The van der Waals surface area contributed by atoms with Crippen molar-refractivity contribution in [1.82, 2.24) is 4.98 Å². The van der Waals surface area contributed by atoms with Gasteiger partial charge in [0.2, 0.25) is 0 Å². The number of rotatable bonds is 3. The Kier molecular flexibility index (Phi) is 3.92. The number of nitrogen functional groups attached to an aromatic ring is 1. The van der Waals surface area contributed by atoms with Crippen molar-refractivity contribution in [2.75, 3.05) is 11.1 Å². The molecule has 0 aromatic carbocycles. The van der Waals surface area contributed by atoms with E-state index in [0.717, 1.165) is 16.1 Å². The molecule has 4 heteroatoms. The highest BCUT2D eigenvalue weighted by Crippen LogP contribution is 2.38. The molecule has 0 amide bonds. The van der Waals surface area contributed by atoms with Crippen molar-refractivity contribution in [3.05, 3.63) is 16.9 Å². The molecule has 0 saturated heterocycles. The Morgan fingerprint density at radius 1 is 1.47 bits per heavy atom. The zero-order chi connectivity index (χ0) is 12.4. The van der Waals surface area contributed by atoms with Crippen LogP contribution in [0.1, 0.15) is 33.1 Å². The van der Waals surface area contributed by atoms with Crippen LogP contribution in [0.4, 0.5) is 11.4 Å². The van der Waals surface area contributed by atoms with Crippen molar-refractivity contribution < 1.29 is 0 Å². The van der Waals surface area contributed by atoms with Gasteiger partial charge in [0, 0.05) is 12.2 Å². The molecule has 3 unspecified atom stereocenters. The first-order chi connectivity index (χ1) is 8.13. The molecule has 1 heterocycles. The predicted molar refractivity (Wildman–Crippen MR) is 75.9 cm³/mol. The molecule has 0 spiro atoms. The highest BCUT2D eigenvalue weighted by molar-refractivity contribution is 9.10. The third kappa shape index (κ3) is 2.57. The van der Waals surface area contributed by atoms with Gasteiger partial charge in [0.15, 0.2) is 0 Å². The van der Waals surface area contributed by atoms with Crippen LogP contribution in [0, 0.1) is 11.8 Å². The summed E-state index contributed by atoms with van der Waals surface area (Å²) in [6, 6.07) is 0.529. The summed E-state index contributed by atoms with van der Waals surface area (Å²) < 4.78 is 0.949. The van der Waals surface area contributed by atoms with E-state index in [0.29, 0.717) is 17.6 Å². The Morgan fingerprint density at radius 2 is 2.24 bits per heavy atom. The van der Waals surface area contributed by atoms with Crippen LogP contribution in [0.5, 0.6) is 0 Å². The van der Waals surface area contributed by atoms with Gasteiger partial charge in [0.1, 0.15) is 0 Å². The number of pyridine rings is 1. The zero-order valence-corrected chi connectivity index (χ0v) is 12.0. The molecule has 1 aliphatic rings. The normalized spacial score (nSPS) is 28.3. The van der Waals surface area contributed by atoms with E-state index in [1.54, 1.807) is 12.4 Å². The molecule has 1 aromatic rings. The largest absolute Gasteiger partial charge is 0.396 e. The van der Waals surface area contributed by atoms with Gasteiger partial charge in [-0.1, -0.05) is 20.3 Å². The number of nitrogens with two attached hydrogens (primary N) is 1. The Balaban J connectivity index is 2.12. The Hall–Kier alpha value is -0.770. The predicted octanol–water partition coefficient (Wildman–Crippen LogP) is 3.66. The summed E-state index contributed by atoms with van der Waals surface area (Å²) >= 11 is 3.50. The van der Waals surface area contributed by atoms with E-state index in [-0.39, 0.29) is 0 Å². The number of halogens is 1. The molecular weight excluding hydrogens is 278 g/mol. The van der Waals surface area contributed by atoms with Crippen LogP contribution in [-0.4, -0.2) is 11.0 Å². The lowest BCUT2D eigenvalue weighted by Crippen LogP contribution is -2.25. The number of nitrogens with zero attached hydrogens (tertiary/aromatic N) is 1. The molecule has 94 valence electrons. The topological polar surface area (TPSA) is 50.9 Å². The van der Waals surface area contributed by atoms with Crippen molar-refractivity contribution in [3.8, 4) is 0 Å². The van der Waals surface area contributed by atoms with Gasteiger partial charge >= 0.3 is 0 Å². The SMILES string of the molecule is CCC1CCC(Nc2c(N)cncc2Br)C1C. The van der Waals surface area contributed by atoms with Gasteiger partial charge < -0.3 is 11.1 Å². The minimum Gasteiger partial charge on any atom is -0.396 e. The highest BCUT2D eigenvalue weighted by Gasteiger charge is 2.31. The molecule has 17 heavy (non-hydrogen) atoms. The van der Waals surface area contributed by atoms with E-state index in [9.17, 15) is 0 Å². The van der Waals surface area contributed by atoms with Crippen LogP contribution in [-0.2, 0) is 0 Å². The number of nitrogens with one attached hydrogen (secondary N) is 1. The minimum atomic E-state index is 0.529. The van der Waals surface area contributed by atoms with Crippen LogP contribution in [0.3, 0.4) is 0 Å². The first-order valence-corrected chi connectivity index (χ1v) is 7.08. The fraction of sp³-hybridized carbons (Fsp3) is 0.615. The van der Waals surface area contributed by atoms with Gasteiger partial charge in [0.25, 0.3) is 0 Å². The Bertz CT molecular complexity index is 374. The van der Waals surface area contributed by atoms with Crippen LogP contribution >= 0.6 is 15.9 Å². The molecule has 1 aliphatic carbocycles. The molecule has 0 radical (unpaired) electrons. The van der Waals surface area contributed by atoms with Gasteiger partial charge in [0.05, 0.1) is 22.0 Å². The lowest BCUT2D eigenvalue weighted by atomic mass is 9.93.